The number of hydrogen-bond acceptors (Lipinski definition) is 3. The Morgan fingerprint density at radius 2 is 2.27 bits per heavy atom. The summed E-state index contributed by atoms with van der Waals surface area (Å²) < 4.78 is 5.19. The first-order chi connectivity index (χ1) is 7.26. The zero-order valence-electron chi connectivity index (χ0n) is 9.71. The van der Waals surface area contributed by atoms with Crippen molar-refractivity contribution in [2.75, 3.05) is 13.2 Å². The molecule has 1 atom stereocenters. The SMILES string of the molecule is CCC(CN)CC(=O)OCCC1CCC1. The van der Waals surface area contributed by atoms with Crippen LogP contribution in [0.5, 0.6) is 0 Å². The smallest absolute Gasteiger partial charge is 0.306 e. The van der Waals surface area contributed by atoms with Gasteiger partial charge in [-0.1, -0.05) is 32.6 Å². The monoisotopic (exact) mass is 213 g/mol. The zero-order chi connectivity index (χ0) is 11.1. The van der Waals surface area contributed by atoms with E-state index in [1.165, 1.54) is 19.3 Å². The number of ether oxygens (including phenoxy) is 1. The first-order valence-corrected chi connectivity index (χ1v) is 6.12. The highest BCUT2D eigenvalue weighted by Gasteiger charge is 2.18. The fraction of sp³-hybridized carbons (Fsp3) is 0.917. The fourth-order valence-electron chi connectivity index (χ4n) is 1.81. The van der Waals surface area contributed by atoms with Gasteiger partial charge in [0.05, 0.1) is 6.61 Å². The molecule has 0 heterocycles. The summed E-state index contributed by atoms with van der Waals surface area (Å²) in [5, 5.41) is 0. The van der Waals surface area contributed by atoms with E-state index in [1.807, 2.05) is 0 Å². The van der Waals surface area contributed by atoms with Crippen LogP contribution in [-0.2, 0) is 9.53 Å². The van der Waals surface area contributed by atoms with Crippen molar-refractivity contribution in [3.63, 3.8) is 0 Å². The highest BCUT2D eigenvalue weighted by atomic mass is 16.5. The minimum absolute atomic E-state index is 0.0772. The molecule has 0 amide bonds. The molecule has 2 N–H and O–H groups in total. The molecule has 1 fully saturated rings. The van der Waals surface area contributed by atoms with Gasteiger partial charge >= 0.3 is 5.97 Å². The van der Waals surface area contributed by atoms with Gasteiger partial charge in [0.1, 0.15) is 0 Å². The summed E-state index contributed by atoms with van der Waals surface area (Å²) in [6.45, 7) is 3.23. The molecule has 1 aliphatic rings. The Kier molecular flexibility index (Phi) is 5.69. The third kappa shape index (κ3) is 4.65. The molecule has 0 aromatic carbocycles. The maximum absolute atomic E-state index is 11.4. The quantitative estimate of drug-likeness (QED) is 0.659. The zero-order valence-corrected chi connectivity index (χ0v) is 9.71. The lowest BCUT2D eigenvalue weighted by Crippen LogP contribution is -2.20. The normalized spacial score (nSPS) is 18.3. The largest absolute Gasteiger partial charge is 0.466 e. The average molecular weight is 213 g/mol. The van der Waals surface area contributed by atoms with Crippen LogP contribution in [-0.4, -0.2) is 19.1 Å². The standard InChI is InChI=1S/C12H23NO2/c1-2-10(9-13)8-12(14)15-7-6-11-4-3-5-11/h10-11H,2-9,13H2,1H3. The van der Waals surface area contributed by atoms with Crippen molar-refractivity contribution in [2.24, 2.45) is 17.6 Å². The summed E-state index contributed by atoms with van der Waals surface area (Å²) in [7, 11) is 0. The second kappa shape index (κ2) is 6.83. The molecular weight excluding hydrogens is 190 g/mol. The Hall–Kier alpha value is -0.570. The summed E-state index contributed by atoms with van der Waals surface area (Å²) in [4.78, 5) is 11.4. The molecule has 3 heteroatoms. The van der Waals surface area contributed by atoms with E-state index < -0.39 is 0 Å². The number of rotatable bonds is 7. The predicted molar refractivity (Wildman–Crippen MR) is 60.4 cm³/mol. The topological polar surface area (TPSA) is 52.3 Å². The predicted octanol–water partition coefficient (Wildman–Crippen LogP) is 2.09. The number of hydrogen-bond donors (Lipinski definition) is 1. The van der Waals surface area contributed by atoms with Gasteiger partial charge in [-0.05, 0) is 24.8 Å². The highest BCUT2D eigenvalue weighted by molar-refractivity contribution is 5.69. The van der Waals surface area contributed by atoms with Gasteiger partial charge in [0, 0.05) is 6.42 Å². The molecule has 0 aliphatic heterocycles. The molecule has 0 bridgehead atoms. The average Bonchev–Trinajstić information content (AvgIpc) is 2.18. The van der Waals surface area contributed by atoms with Crippen LogP contribution in [0, 0.1) is 11.8 Å². The van der Waals surface area contributed by atoms with Crippen molar-refractivity contribution in [3.8, 4) is 0 Å². The molecule has 15 heavy (non-hydrogen) atoms. The van der Waals surface area contributed by atoms with Gasteiger partial charge in [-0.15, -0.1) is 0 Å². The van der Waals surface area contributed by atoms with Gasteiger partial charge in [-0.2, -0.15) is 0 Å². The lowest BCUT2D eigenvalue weighted by molar-refractivity contribution is -0.145. The molecule has 0 spiro atoms. The van der Waals surface area contributed by atoms with Gasteiger partial charge in [0.2, 0.25) is 0 Å². The Bertz CT molecular complexity index is 186. The third-order valence-corrected chi connectivity index (χ3v) is 3.38. The van der Waals surface area contributed by atoms with E-state index in [4.69, 9.17) is 10.5 Å². The van der Waals surface area contributed by atoms with Crippen molar-refractivity contribution in [1.29, 1.82) is 0 Å². The number of nitrogens with two attached hydrogens (primary N) is 1. The Morgan fingerprint density at radius 1 is 1.53 bits per heavy atom. The number of esters is 1. The van der Waals surface area contributed by atoms with E-state index >= 15 is 0 Å². The molecule has 0 aromatic heterocycles. The maximum Gasteiger partial charge on any atom is 0.306 e. The van der Waals surface area contributed by atoms with Crippen LogP contribution in [0.2, 0.25) is 0 Å². The molecule has 0 radical (unpaired) electrons. The molecule has 1 rings (SSSR count). The second-order valence-electron chi connectivity index (χ2n) is 4.52. The minimum atomic E-state index is -0.0772. The van der Waals surface area contributed by atoms with Crippen LogP contribution in [0.3, 0.4) is 0 Å². The third-order valence-electron chi connectivity index (χ3n) is 3.38. The molecule has 1 aliphatic carbocycles. The summed E-state index contributed by atoms with van der Waals surface area (Å²) >= 11 is 0. The van der Waals surface area contributed by atoms with Crippen molar-refractivity contribution in [1.82, 2.24) is 0 Å². The molecular formula is C12H23NO2. The van der Waals surface area contributed by atoms with E-state index in [9.17, 15) is 4.79 Å². The van der Waals surface area contributed by atoms with Crippen LogP contribution in [0.1, 0.15) is 45.4 Å². The molecule has 3 nitrogen and oxygen atoms in total. The summed E-state index contributed by atoms with van der Waals surface area (Å²) in [6, 6.07) is 0. The van der Waals surface area contributed by atoms with E-state index in [1.54, 1.807) is 0 Å². The number of carbonyl (C=O) groups excluding carboxylic acids is 1. The highest BCUT2D eigenvalue weighted by Crippen LogP contribution is 2.29. The Labute approximate surface area is 92.4 Å². The van der Waals surface area contributed by atoms with Gasteiger partial charge in [0.25, 0.3) is 0 Å². The van der Waals surface area contributed by atoms with E-state index in [2.05, 4.69) is 6.92 Å². The lowest BCUT2D eigenvalue weighted by atomic mass is 9.83. The molecule has 1 saturated carbocycles. The van der Waals surface area contributed by atoms with Crippen LogP contribution in [0.15, 0.2) is 0 Å². The van der Waals surface area contributed by atoms with Crippen molar-refractivity contribution < 1.29 is 9.53 Å². The van der Waals surface area contributed by atoms with Crippen LogP contribution >= 0.6 is 0 Å². The van der Waals surface area contributed by atoms with Crippen molar-refractivity contribution in [3.05, 3.63) is 0 Å². The van der Waals surface area contributed by atoms with Gasteiger partial charge in [-0.25, -0.2) is 0 Å². The van der Waals surface area contributed by atoms with Gasteiger partial charge in [-0.3, -0.25) is 4.79 Å². The van der Waals surface area contributed by atoms with Crippen molar-refractivity contribution >= 4 is 5.97 Å². The maximum atomic E-state index is 11.4. The fourth-order valence-corrected chi connectivity index (χ4v) is 1.81. The second-order valence-corrected chi connectivity index (χ2v) is 4.52. The minimum Gasteiger partial charge on any atom is -0.466 e. The van der Waals surface area contributed by atoms with Gasteiger partial charge in [0.15, 0.2) is 0 Å². The summed E-state index contributed by atoms with van der Waals surface area (Å²) in [5.41, 5.74) is 5.53. The summed E-state index contributed by atoms with van der Waals surface area (Å²) in [5.74, 6) is 1.03. The molecule has 0 saturated heterocycles. The lowest BCUT2D eigenvalue weighted by Gasteiger charge is -2.24. The Morgan fingerprint density at radius 3 is 2.73 bits per heavy atom. The van der Waals surface area contributed by atoms with Crippen LogP contribution in [0.25, 0.3) is 0 Å². The summed E-state index contributed by atoms with van der Waals surface area (Å²) in [6.07, 6.45) is 6.47. The molecule has 1 unspecified atom stereocenters. The molecule has 0 aromatic rings. The first kappa shape index (κ1) is 12.5. The van der Waals surface area contributed by atoms with Crippen LogP contribution < -0.4 is 5.73 Å². The van der Waals surface area contributed by atoms with E-state index in [0.717, 1.165) is 18.8 Å². The Balaban J connectivity index is 2.01. The first-order valence-electron chi connectivity index (χ1n) is 6.12. The van der Waals surface area contributed by atoms with Crippen LogP contribution in [0.4, 0.5) is 0 Å². The van der Waals surface area contributed by atoms with Gasteiger partial charge < -0.3 is 10.5 Å². The van der Waals surface area contributed by atoms with E-state index in [0.29, 0.717) is 25.5 Å². The van der Waals surface area contributed by atoms with Crippen molar-refractivity contribution in [2.45, 2.75) is 45.4 Å². The number of carbonyl (C=O) groups is 1. The van der Waals surface area contributed by atoms with E-state index in [-0.39, 0.29) is 5.97 Å². The molecule has 88 valence electrons.